The fourth-order valence-corrected chi connectivity index (χ4v) is 3.96. The van der Waals surface area contributed by atoms with Crippen molar-refractivity contribution in [1.29, 1.82) is 0 Å². The lowest BCUT2D eigenvalue weighted by molar-refractivity contribution is 0.102. The first-order valence-electron chi connectivity index (χ1n) is 7.44. The van der Waals surface area contributed by atoms with Crippen molar-refractivity contribution in [2.24, 2.45) is 0 Å². The van der Waals surface area contributed by atoms with E-state index in [1.165, 1.54) is 0 Å². The molecule has 1 atom stereocenters. The molecule has 1 aliphatic heterocycles. The van der Waals surface area contributed by atoms with Gasteiger partial charge in [0.25, 0.3) is 0 Å². The highest BCUT2D eigenvalue weighted by Gasteiger charge is 2.32. The zero-order valence-electron chi connectivity index (χ0n) is 13.1. The monoisotopic (exact) mass is 464 g/mol. The summed E-state index contributed by atoms with van der Waals surface area (Å²) in [6.07, 6.45) is 0. The van der Waals surface area contributed by atoms with Crippen molar-refractivity contribution >= 4 is 43.7 Å². The first-order valence-corrected chi connectivity index (χ1v) is 9.03. The molecule has 5 nitrogen and oxygen atoms in total. The second-order valence-corrected chi connectivity index (χ2v) is 7.31. The molecule has 0 radical (unpaired) electrons. The van der Waals surface area contributed by atoms with Crippen LogP contribution in [0.5, 0.6) is 5.75 Å². The SMILES string of the molecule is CC1=C(C(=O)c2ccccc2)C(c2cc(Br)c(O)c(Br)c2)NC(=O)N1. The van der Waals surface area contributed by atoms with Gasteiger partial charge in [0.15, 0.2) is 5.78 Å². The van der Waals surface area contributed by atoms with E-state index in [2.05, 4.69) is 42.5 Å². The summed E-state index contributed by atoms with van der Waals surface area (Å²) >= 11 is 6.57. The maximum absolute atomic E-state index is 13.0. The smallest absolute Gasteiger partial charge is 0.319 e. The Kier molecular flexibility index (Phi) is 4.96. The molecule has 1 unspecified atom stereocenters. The number of nitrogens with one attached hydrogen (secondary N) is 2. The Morgan fingerprint density at radius 3 is 2.32 bits per heavy atom. The van der Waals surface area contributed by atoms with Crippen molar-refractivity contribution in [1.82, 2.24) is 10.6 Å². The Bertz CT molecular complexity index is 871. The summed E-state index contributed by atoms with van der Waals surface area (Å²) < 4.78 is 0.933. The number of carbonyl (C=O) groups excluding carboxylic acids is 2. The summed E-state index contributed by atoms with van der Waals surface area (Å²) in [4.78, 5) is 25.0. The number of hydrogen-bond acceptors (Lipinski definition) is 3. The zero-order chi connectivity index (χ0) is 18.1. The Morgan fingerprint density at radius 2 is 1.72 bits per heavy atom. The Balaban J connectivity index is 2.12. The van der Waals surface area contributed by atoms with Crippen molar-refractivity contribution in [2.45, 2.75) is 13.0 Å². The van der Waals surface area contributed by atoms with Gasteiger partial charge in [-0.3, -0.25) is 4.79 Å². The minimum Gasteiger partial charge on any atom is -0.506 e. The predicted molar refractivity (Wildman–Crippen MR) is 101 cm³/mol. The average Bonchev–Trinajstić information content (AvgIpc) is 2.59. The summed E-state index contributed by atoms with van der Waals surface area (Å²) in [5, 5.41) is 15.4. The number of phenolic OH excluding ortho intramolecular Hbond substituents is 1. The van der Waals surface area contributed by atoms with Gasteiger partial charge in [-0.05, 0) is 56.5 Å². The number of benzene rings is 2. The van der Waals surface area contributed by atoms with E-state index in [9.17, 15) is 14.7 Å². The summed E-state index contributed by atoms with van der Waals surface area (Å²) in [7, 11) is 0. The third-order valence-corrected chi connectivity index (χ3v) is 5.13. The van der Waals surface area contributed by atoms with E-state index in [0.717, 1.165) is 0 Å². The molecule has 0 spiro atoms. The number of halogens is 2. The van der Waals surface area contributed by atoms with E-state index in [0.29, 0.717) is 31.3 Å². The number of amides is 2. The largest absolute Gasteiger partial charge is 0.506 e. The van der Waals surface area contributed by atoms with Crippen molar-refractivity contribution in [3.8, 4) is 5.75 Å². The number of urea groups is 1. The summed E-state index contributed by atoms with van der Waals surface area (Å²) in [6, 6.07) is 11.2. The molecule has 128 valence electrons. The Morgan fingerprint density at radius 1 is 1.12 bits per heavy atom. The molecule has 0 bridgehead atoms. The molecule has 2 aromatic rings. The molecule has 0 fully saturated rings. The van der Waals surface area contributed by atoms with Gasteiger partial charge in [-0.15, -0.1) is 0 Å². The van der Waals surface area contributed by atoms with Crippen LogP contribution in [-0.2, 0) is 0 Å². The van der Waals surface area contributed by atoms with Crippen LogP contribution in [0.1, 0.15) is 28.9 Å². The van der Waals surface area contributed by atoms with Crippen LogP contribution in [0.4, 0.5) is 4.79 Å². The molecule has 2 amide bonds. The molecule has 0 saturated carbocycles. The second kappa shape index (κ2) is 7.01. The van der Waals surface area contributed by atoms with E-state index < -0.39 is 6.04 Å². The van der Waals surface area contributed by atoms with Gasteiger partial charge in [-0.2, -0.15) is 0 Å². The third kappa shape index (κ3) is 3.48. The molecular weight excluding hydrogens is 452 g/mol. The number of Topliss-reactive ketones (excluding diaryl/α,β-unsaturated/α-hetero) is 1. The maximum Gasteiger partial charge on any atom is 0.319 e. The zero-order valence-corrected chi connectivity index (χ0v) is 16.3. The third-order valence-electron chi connectivity index (χ3n) is 3.92. The highest BCUT2D eigenvalue weighted by Crippen LogP contribution is 2.38. The number of phenols is 1. The van der Waals surface area contributed by atoms with E-state index in [4.69, 9.17) is 0 Å². The molecule has 25 heavy (non-hydrogen) atoms. The van der Waals surface area contributed by atoms with Crippen LogP contribution in [0, 0.1) is 0 Å². The molecule has 0 saturated heterocycles. The fourth-order valence-electron chi connectivity index (χ4n) is 2.74. The van der Waals surface area contributed by atoms with Gasteiger partial charge in [0.2, 0.25) is 0 Å². The standard InChI is InChI=1S/C18H14Br2N2O3/c1-9-14(16(23)10-5-3-2-4-6-10)15(22-18(25)21-9)11-7-12(19)17(24)13(20)8-11/h2-8,15,24H,1H3,(H2,21,22,25). The van der Waals surface area contributed by atoms with Crippen LogP contribution in [0.25, 0.3) is 0 Å². The molecule has 2 aromatic carbocycles. The van der Waals surface area contributed by atoms with Crippen molar-refractivity contribution in [3.63, 3.8) is 0 Å². The van der Waals surface area contributed by atoms with Crippen LogP contribution in [0.15, 0.2) is 62.7 Å². The number of hydrogen-bond donors (Lipinski definition) is 3. The number of allylic oxidation sites excluding steroid dienone is 1. The summed E-state index contributed by atoms with van der Waals surface area (Å²) in [5.41, 5.74) is 2.17. The highest BCUT2D eigenvalue weighted by atomic mass is 79.9. The summed E-state index contributed by atoms with van der Waals surface area (Å²) in [5.74, 6) is -0.114. The van der Waals surface area contributed by atoms with E-state index >= 15 is 0 Å². The van der Waals surface area contributed by atoms with Gasteiger partial charge >= 0.3 is 6.03 Å². The molecule has 0 aliphatic carbocycles. The average molecular weight is 466 g/mol. The molecule has 7 heteroatoms. The van der Waals surface area contributed by atoms with Crippen molar-refractivity contribution in [2.75, 3.05) is 0 Å². The van der Waals surface area contributed by atoms with E-state index in [1.807, 2.05) is 6.07 Å². The first-order chi connectivity index (χ1) is 11.9. The van der Waals surface area contributed by atoms with Gasteiger partial charge in [-0.25, -0.2) is 4.79 Å². The minimum atomic E-state index is -0.630. The summed E-state index contributed by atoms with van der Waals surface area (Å²) in [6.45, 7) is 1.70. The lowest BCUT2D eigenvalue weighted by Gasteiger charge is -2.29. The van der Waals surface area contributed by atoms with E-state index in [1.54, 1.807) is 43.3 Å². The topological polar surface area (TPSA) is 78.4 Å². The molecule has 3 rings (SSSR count). The van der Waals surface area contributed by atoms with Crippen LogP contribution >= 0.6 is 31.9 Å². The molecule has 1 aliphatic rings. The first kappa shape index (κ1) is 17.7. The van der Waals surface area contributed by atoms with Gasteiger partial charge in [0.1, 0.15) is 5.75 Å². The number of aromatic hydroxyl groups is 1. The van der Waals surface area contributed by atoms with Crippen LogP contribution < -0.4 is 10.6 Å². The molecular formula is C18H14Br2N2O3. The highest BCUT2D eigenvalue weighted by molar-refractivity contribution is 9.11. The maximum atomic E-state index is 13.0. The fraction of sp³-hybridized carbons (Fsp3) is 0.111. The predicted octanol–water partition coefficient (Wildman–Crippen LogP) is 4.43. The van der Waals surface area contributed by atoms with Gasteiger partial charge in [-0.1, -0.05) is 30.3 Å². The Labute approximate surface area is 161 Å². The van der Waals surface area contributed by atoms with Crippen molar-refractivity contribution < 1.29 is 14.7 Å². The van der Waals surface area contributed by atoms with Crippen molar-refractivity contribution in [3.05, 3.63) is 73.8 Å². The quantitative estimate of drug-likeness (QED) is 0.586. The van der Waals surface area contributed by atoms with Gasteiger partial charge < -0.3 is 15.7 Å². The number of ketones is 1. The van der Waals surface area contributed by atoms with Gasteiger partial charge in [0.05, 0.1) is 15.0 Å². The molecule has 0 aromatic heterocycles. The lowest BCUT2D eigenvalue weighted by atomic mass is 9.89. The lowest BCUT2D eigenvalue weighted by Crippen LogP contribution is -2.45. The minimum absolute atomic E-state index is 0.0562. The molecule has 1 heterocycles. The van der Waals surface area contributed by atoms with Crippen LogP contribution in [-0.4, -0.2) is 16.9 Å². The number of carbonyl (C=O) groups is 2. The van der Waals surface area contributed by atoms with Gasteiger partial charge in [0, 0.05) is 16.8 Å². The van der Waals surface area contributed by atoms with Crippen LogP contribution in [0.3, 0.4) is 0 Å². The normalized spacial score (nSPS) is 17.1. The number of rotatable bonds is 3. The molecule has 3 N–H and O–H groups in total. The van der Waals surface area contributed by atoms with Crippen LogP contribution in [0.2, 0.25) is 0 Å². The second-order valence-electron chi connectivity index (χ2n) is 5.60. The Hall–Kier alpha value is -2.12. The van der Waals surface area contributed by atoms with E-state index in [-0.39, 0.29) is 17.6 Å².